The van der Waals surface area contributed by atoms with Gasteiger partial charge in [-0.25, -0.2) is 0 Å². The molecular formula is C16H28N2O. The number of aromatic nitrogens is 2. The molecule has 3 nitrogen and oxygen atoms in total. The number of unbranched alkanes of at least 4 members (excludes halogenated alkanes) is 6. The number of nitrogens with zero attached hydrogens (tertiary/aromatic N) is 2. The van der Waals surface area contributed by atoms with Gasteiger partial charge in [-0.3, -0.25) is 9.48 Å². The lowest BCUT2D eigenvalue weighted by Crippen LogP contribution is -2.03. The molecule has 1 rings (SSSR count). The summed E-state index contributed by atoms with van der Waals surface area (Å²) in [4.78, 5) is 12.2. The topological polar surface area (TPSA) is 34.9 Å². The average molecular weight is 264 g/mol. The van der Waals surface area contributed by atoms with Crippen LogP contribution in [0.1, 0.15) is 80.0 Å². The lowest BCUT2D eigenvalue weighted by atomic mass is 10.0. The van der Waals surface area contributed by atoms with Crippen molar-refractivity contribution in [2.45, 2.75) is 72.1 Å². The number of aryl methyl sites for hydroxylation is 2. The van der Waals surface area contributed by atoms with E-state index in [4.69, 9.17) is 0 Å². The normalized spacial score (nSPS) is 10.9. The summed E-state index contributed by atoms with van der Waals surface area (Å²) >= 11 is 0. The maximum atomic E-state index is 12.2. The van der Waals surface area contributed by atoms with Crippen molar-refractivity contribution in [3.8, 4) is 0 Å². The summed E-state index contributed by atoms with van der Waals surface area (Å²) in [5.74, 6) is 0.261. The third-order valence-corrected chi connectivity index (χ3v) is 3.80. The Morgan fingerprint density at radius 1 is 1.05 bits per heavy atom. The summed E-state index contributed by atoms with van der Waals surface area (Å²) in [6, 6.07) is 0. The van der Waals surface area contributed by atoms with E-state index in [1.807, 2.05) is 20.9 Å². The van der Waals surface area contributed by atoms with Gasteiger partial charge in [-0.05, 0) is 20.3 Å². The van der Waals surface area contributed by atoms with Crippen LogP contribution < -0.4 is 0 Å². The van der Waals surface area contributed by atoms with Crippen LogP contribution >= 0.6 is 0 Å². The van der Waals surface area contributed by atoms with Crippen molar-refractivity contribution < 1.29 is 4.79 Å². The molecule has 0 aliphatic heterocycles. The van der Waals surface area contributed by atoms with Gasteiger partial charge in [0.1, 0.15) is 0 Å². The zero-order chi connectivity index (χ0) is 14.3. The fraction of sp³-hybridized carbons (Fsp3) is 0.750. The Hall–Kier alpha value is -1.12. The fourth-order valence-electron chi connectivity index (χ4n) is 2.54. The third-order valence-electron chi connectivity index (χ3n) is 3.80. The molecule has 0 aliphatic carbocycles. The predicted octanol–water partition coefficient (Wildman–Crippen LogP) is 4.36. The Kier molecular flexibility index (Phi) is 6.82. The summed E-state index contributed by atoms with van der Waals surface area (Å²) in [6.45, 7) is 6.13. The van der Waals surface area contributed by atoms with Gasteiger partial charge in [0.25, 0.3) is 0 Å². The molecule has 0 aromatic carbocycles. The predicted molar refractivity (Wildman–Crippen MR) is 79.6 cm³/mol. The van der Waals surface area contributed by atoms with Crippen molar-refractivity contribution in [2.75, 3.05) is 0 Å². The van der Waals surface area contributed by atoms with Gasteiger partial charge >= 0.3 is 0 Å². The molecule has 0 saturated carbocycles. The average Bonchev–Trinajstić information content (AvgIpc) is 2.62. The first-order chi connectivity index (χ1) is 9.07. The molecule has 19 heavy (non-hydrogen) atoms. The van der Waals surface area contributed by atoms with Crippen molar-refractivity contribution in [2.24, 2.45) is 7.05 Å². The van der Waals surface area contributed by atoms with Crippen LogP contribution in [0.15, 0.2) is 0 Å². The molecule has 0 atom stereocenters. The largest absolute Gasteiger partial charge is 0.294 e. The number of Topliss-reactive ketones (excluding diaryl/α,β-unsaturated/α-hetero) is 1. The SMILES string of the molecule is CCCCCCCCCC(=O)c1c(C)nn(C)c1C. The number of carbonyl (C=O) groups excluding carboxylic acids is 1. The Morgan fingerprint density at radius 3 is 2.16 bits per heavy atom. The minimum Gasteiger partial charge on any atom is -0.294 e. The second-order valence-corrected chi connectivity index (χ2v) is 5.46. The molecule has 1 aromatic rings. The second-order valence-electron chi connectivity index (χ2n) is 5.46. The summed E-state index contributed by atoms with van der Waals surface area (Å²) in [6.07, 6.45) is 9.40. The van der Waals surface area contributed by atoms with E-state index < -0.39 is 0 Å². The van der Waals surface area contributed by atoms with Crippen LogP contribution in [-0.4, -0.2) is 15.6 Å². The first-order valence-corrected chi connectivity index (χ1v) is 7.61. The quantitative estimate of drug-likeness (QED) is 0.490. The van der Waals surface area contributed by atoms with Crippen molar-refractivity contribution in [1.29, 1.82) is 0 Å². The van der Waals surface area contributed by atoms with Crippen LogP contribution in [0.25, 0.3) is 0 Å². The molecule has 0 bridgehead atoms. The Labute approximate surface area is 117 Å². The van der Waals surface area contributed by atoms with E-state index in [0.717, 1.165) is 23.4 Å². The maximum absolute atomic E-state index is 12.2. The Bertz CT molecular complexity index is 407. The van der Waals surface area contributed by atoms with Crippen molar-refractivity contribution in [3.05, 3.63) is 17.0 Å². The van der Waals surface area contributed by atoms with Crippen molar-refractivity contribution in [3.63, 3.8) is 0 Å². The highest BCUT2D eigenvalue weighted by Crippen LogP contribution is 2.16. The van der Waals surface area contributed by atoms with Crippen LogP contribution in [0.5, 0.6) is 0 Å². The minimum atomic E-state index is 0.261. The minimum absolute atomic E-state index is 0.261. The molecule has 1 heterocycles. The first-order valence-electron chi connectivity index (χ1n) is 7.61. The molecule has 0 fully saturated rings. The van der Waals surface area contributed by atoms with Crippen molar-refractivity contribution in [1.82, 2.24) is 9.78 Å². The van der Waals surface area contributed by atoms with Gasteiger partial charge in [0, 0.05) is 19.2 Å². The van der Waals surface area contributed by atoms with Gasteiger partial charge in [0.05, 0.1) is 11.3 Å². The number of ketones is 1. The molecule has 0 amide bonds. The molecule has 0 N–H and O–H groups in total. The first kappa shape index (κ1) is 15.9. The van der Waals surface area contributed by atoms with Crippen LogP contribution in [-0.2, 0) is 7.05 Å². The smallest absolute Gasteiger partial charge is 0.166 e. The van der Waals surface area contributed by atoms with E-state index in [1.165, 1.54) is 38.5 Å². The summed E-state index contributed by atoms with van der Waals surface area (Å²) < 4.78 is 1.80. The summed E-state index contributed by atoms with van der Waals surface area (Å²) in [5, 5.41) is 4.31. The van der Waals surface area contributed by atoms with Gasteiger partial charge in [-0.2, -0.15) is 5.10 Å². The molecular weight excluding hydrogens is 236 g/mol. The fourth-order valence-corrected chi connectivity index (χ4v) is 2.54. The summed E-state index contributed by atoms with van der Waals surface area (Å²) in [7, 11) is 1.90. The molecule has 0 saturated heterocycles. The molecule has 0 aliphatic rings. The zero-order valence-corrected chi connectivity index (χ0v) is 13.0. The van der Waals surface area contributed by atoms with Crippen LogP contribution in [0.4, 0.5) is 0 Å². The number of hydrogen-bond acceptors (Lipinski definition) is 2. The summed E-state index contributed by atoms with van der Waals surface area (Å²) in [5.41, 5.74) is 2.70. The Balaban J connectivity index is 2.28. The van der Waals surface area contributed by atoms with Gasteiger partial charge in [0.2, 0.25) is 0 Å². The van der Waals surface area contributed by atoms with Gasteiger partial charge in [-0.1, -0.05) is 45.4 Å². The molecule has 0 radical (unpaired) electrons. The van der Waals surface area contributed by atoms with E-state index in [0.29, 0.717) is 6.42 Å². The van der Waals surface area contributed by atoms with Crippen molar-refractivity contribution >= 4 is 5.78 Å². The van der Waals surface area contributed by atoms with E-state index in [1.54, 1.807) is 4.68 Å². The number of carbonyl (C=O) groups is 1. The standard InChI is InChI=1S/C16H28N2O/c1-5-6-7-8-9-10-11-12-15(19)16-13(2)17-18(4)14(16)3/h5-12H2,1-4H3. The maximum Gasteiger partial charge on any atom is 0.166 e. The number of hydrogen-bond donors (Lipinski definition) is 0. The monoisotopic (exact) mass is 264 g/mol. The lowest BCUT2D eigenvalue weighted by Gasteiger charge is -2.02. The highest BCUT2D eigenvalue weighted by atomic mass is 16.1. The third kappa shape index (κ3) is 4.81. The molecule has 1 aromatic heterocycles. The molecule has 0 spiro atoms. The van der Waals surface area contributed by atoms with E-state index in [-0.39, 0.29) is 5.78 Å². The molecule has 3 heteroatoms. The Morgan fingerprint density at radius 2 is 1.63 bits per heavy atom. The van der Waals surface area contributed by atoms with E-state index in [2.05, 4.69) is 12.0 Å². The van der Waals surface area contributed by atoms with Gasteiger partial charge < -0.3 is 0 Å². The lowest BCUT2D eigenvalue weighted by molar-refractivity contribution is 0.0978. The van der Waals surface area contributed by atoms with Gasteiger partial charge in [-0.15, -0.1) is 0 Å². The number of rotatable bonds is 9. The molecule has 108 valence electrons. The van der Waals surface area contributed by atoms with E-state index in [9.17, 15) is 4.79 Å². The highest BCUT2D eigenvalue weighted by molar-refractivity contribution is 5.98. The van der Waals surface area contributed by atoms with Gasteiger partial charge in [0.15, 0.2) is 5.78 Å². The van der Waals surface area contributed by atoms with E-state index >= 15 is 0 Å². The second kappa shape index (κ2) is 8.13. The van der Waals surface area contributed by atoms with Crippen LogP contribution in [0.2, 0.25) is 0 Å². The zero-order valence-electron chi connectivity index (χ0n) is 13.0. The van der Waals surface area contributed by atoms with Crippen LogP contribution in [0, 0.1) is 13.8 Å². The van der Waals surface area contributed by atoms with Crippen LogP contribution in [0.3, 0.4) is 0 Å². The highest BCUT2D eigenvalue weighted by Gasteiger charge is 2.16. The molecule has 0 unspecified atom stereocenters.